The lowest BCUT2D eigenvalue weighted by atomic mass is 10.1. The summed E-state index contributed by atoms with van der Waals surface area (Å²) < 4.78 is 5.74. The summed E-state index contributed by atoms with van der Waals surface area (Å²) in [5.74, 6) is 0.656. The maximum Gasteiger partial charge on any atom is 0.317 e. The molecule has 108 valence electrons. The summed E-state index contributed by atoms with van der Waals surface area (Å²) in [6.07, 6.45) is 5.36. The van der Waals surface area contributed by atoms with E-state index in [0.717, 1.165) is 18.7 Å². The van der Waals surface area contributed by atoms with Crippen LogP contribution in [0.5, 0.6) is 0 Å². The molecule has 5 heteroatoms. The highest BCUT2D eigenvalue weighted by Crippen LogP contribution is 2.38. The second-order valence-corrected chi connectivity index (χ2v) is 5.69. The molecule has 20 heavy (non-hydrogen) atoms. The molecule has 1 N–H and O–H groups in total. The van der Waals surface area contributed by atoms with E-state index in [2.05, 4.69) is 10.3 Å². The third kappa shape index (κ3) is 3.10. The minimum absolute atomic E-state index is 0.0446. The summed E-state index contributed by atoms with van der Waals surface area (Å²) in [4.78, 5) is 18.1. The topological polar surface area (TPSA) is 54.5 Å². The highest BCUT2D eigenvalue weighted by molar-refractivity contribution is 5.74. The fourth-order valence-corrected chi connectivity index (χ4v) is 2.73. The number of urea groups is 1. The Bertz CT molecular complexity index is 461. The van der Waals surface area contributed by atoms with E-state index >= 15 is 0 Å². The molecule has 1 aliphatic carbocycles. The molecule has 1 aromatic heterocycles. The smallest absolute Gasteiger partial charge is 0.317 e. The van der Waals surface area contributed by atoms with Crippen LogP contribution in [-0.4, -0.2) is 41.7 Å². The molecule has 2 amide bonds. The normalized spacial score (nSPS) is 25.4. The van der Waals surface area contributed by atoms with Crippen molar-refractivity contribution < 1.29 is 9.53 Å². The van der Waals surface area contributed by atoms with Crippen molar-refractivity contribution >= 4 is 6.03 Å². The number of rotatable bonds is 4. The highest BCUT2D eigenvalue weighted by Gasteiger charge is 2.41. The fourth-order valence-electron chi connectivity index (χ4n) is 2.73. The van der Waals surface area contributed by atoms with Crippen LogP contribution in [0.25, 0.3) is 0 Å². The van der Waals surface area contributed by atoms with Crippen molar-refractivity contribution in [1.29, 1.82) is 0 Å². The Kier molecular flexibility index (Phi) is 3.87. The van der Waals surface area contributed by atoms with Gasteiger partial charge < -0.3 is 15.0 Å². The second kappa shape index (κ2) is 5.79. The molecule has 0 radical (unpaired) electrons. The molecule has 2 aliphatic rings. The summed E-state index contributed by atoms with van der Waals surface area (Å²) in [5, 5.41) is 3.10. The lowest BCUT2D eigenvalue weighted by Crippen LogP contribution is -2.46. The van der Waals surface area contributed by atoms with Crippen molar-refractivity contribution in [1.82, 2.24) is 15.2 Å². The van der Waals surface area contributed by atoms with Gasteiger partial charge in [0, 0.05) is 19.9 Å². The standard InChI is InChI=1S/C15H21N3O2/c1-18(10-12-4-2-3-8-16-12)15(19)17-13-7-9-20-14(13)11-5-6-11/h2-4,8,11,13-14H,5-7,9-10H2,1H3,(H,17,19)/t13-,14+/m0/s1. The van der Waals surface area contributed by atoms with E-state index in [1.807, 2.05) is 18.2 Å². The number of carbonyl (C=O) groups is 1. The summed E-state index contributed by atoms with van der Waals surface area (Å²) in [5.41, 5.74) is 0.895. The fraction of sp³-hybridized carbons (Fsp3) is 0.600. The van der Waals surface area contributed by atoms with Crippen LogP contribution in [0.1, 0.15) is 25.0 Å². The zero-order valence-corrected chi connectivity index (χ0v) is 11.8. The van der Waals surface area contributed by atoms with E-state index in [1.165, 1.54) is 12.8 Å². The van der Waals surface area contributed by atoms with Gasteiger partial charge in [0.05, 0.1) is 24.4 Å². The van der Waals surface area contributed by atoms with Crippen molar-refractivity contribution in [2.45, 2.75) is 38.0 Å². The lowest BCUT2D eigenvalue weighted by molar-refractivity contribution is 0.0812. The monoisotopic (exact) mass is 275 g/mol. The van der Waals surface area contributed by atoms with Gasteiger partial charge in [0.1, 0.15) is 0 Å². The molecule has 0 unspecified atom stereocenters. The van der Waals surface area contributed by atoms with E-state index in [-0.39, 0.29) is 18.2 Å². The predicted octanol–water partition coefficient (Wildman–Crippen LogP) is 1.79. The van der Waals surface area contributed by atoms with Crippen molar-refractivity contribution in [2.75, 3.05) is 13.7 Å². The molecule has 1 aromatic rings. The number of pyridine rings is 1. The Morgan fingerprint density at radius 2 is 2.30 bits per heavy atom. The van der Waals surface area contributed by atoms with Crippen molar-refractivity contribution in [3.63, 3.8) is 0 Å². The summed E-state index contributed by atoms with van der Waals surface area (Å²) >= 11 is 0. The van der Waals surface area contributed by atoms with Gasteiger partial charge in [0.25, 0.3) is 0 Å². The number of carbonyl (C=O) groups excluding carboxylic acids is 1. The third-order valence-electron chi connectivity index (χ3n) is 4.00. The highest BCUT2D eigenvalue weighted by atomic mass is 16.5. The molecule has 0 aromatic carbocycles. The van der Waals surface area contributed by atoms with Crippen LogP contribution in [0.15, 0.2) is 24.4 Å². The van der Waals surface area contributed by atoms with Gasteiger partial charge in [-0.15, -0.1) is 0 Å². The van der Waals surface area contributed by atoms with E-state index in [4.69, 9.17) is 4.74 Å². The van der Waals surface area contributed by atoms with Crippen molar-refractivity contribution in [3.8, 4) is 0 Å². The van der Waals surface area contributed by atoms with Gasteiger partial charge >= 0.3 is 6.03 Å². The molecule has 5 nitrogen and oxygen atoms in total. The van der Waals surface area contributed by atoms with Gasteiger partial charge in [-0.05, 0) is 37.3 Å². The molecular weight excluding hydrogens is 254 g/mol. The summed E-state index contributed by atoms with van der Waals surface area (Å²) in [7, 11) is 1.80. The molecule has 2 heterocycles. The molecular formula is C15H21N3O2. The third-order valence-corrected chi connectivity index (χ3v) is 4.00. The first kappa shape index (κ1) is 13.4. The van der Waals surface area contributed by atoms with E-state index < -0.39 is 0 Å². The molecule has 0 bridgehead atoms. The molecule has 1 saturated heterocycles. The Balaban J connectivity index is 1.53. The molecule has 1 aliphatic heterocycles. The Labute approximate surface area is 119 Å². The largest absolute Gasteiger partial charge is 0.376 e. The zero-order valence-electron chi connectivity index (χ0n) is 11.8. The number of amides is 2. The van der Waals surface area contributed by atoms with Crippen LogP contribution < -0.4 is 5.32 Å². The van der Waals surface area contributed by atoms with Crippen LogP contribution in [0.3, 0.4) is 0 Å². The number of ether oxygens (including phenoxy) is 1. The maximum absolute atomic E-state index is 12.2. The van der Waals surface area contributed by atoms with Crippen LogP contribution in [0, 0.1) is 5.92 Å². The first-order valence-corrected chi connectivity index (χ1v) is 7.27. The summed E-state index contributed by atoms with van der Waals surface area (Å²) in [6, 6.07) is 5.86. The molecule has 3 rings (SSSR count). The number of aromatic nitrogens is 1. The average Bonchev–Trinajstić information content (AvgIpc) is 3.20. The van der Waals surface area contributed by atoms with Crippen molar-refractivity contribution in [3.05, 3.63) is 30.1 Å². The Hall–Kier alpha value is -1.62. The number of hydrogen-bond donors (Lipinski definition) is 1. The van der Waals surface area contributed by atoms with E-state index in [1.54, 1.807) is 18.1 Å². The Morgan fingerprint density at radius 1 is 1.45 bits per heavy atom. The van der Waals surface area contributed by atoms with Gasteiger partial charge in [-0.3, -0.25) is 4.98 Å². The van der Waals surface area contributed by atoms with Crippen LogP contribution in [0.4, 0.5) is 4.79 Å². The molecule has 1 saturated carbocycles. The predicted molar refractivity (Wildman–Crippen MR) is 75.1 cm³/mol. The molecule has 2 atom stereocenters. The second-order valence-electron chi connectivity index (χ2n) is 5.69. The minimum atomic E-state index is -0.0446. The number of nitrogens with zero attached hydrogens (tertiary/aromatic N) is 2. The van der Waals surface area contributed by atoms with Gasteiger partial charge in [-0.25, -0.2) is 4.79 Å². The van der Waals surface area contributed by atoms with Crippen LogP contribution in [-0.2, 0) is 11.3 Å². The first-order valence-electron chi connectivity index (χ1n) is 7.27. The van der Waals surface area contributed by atoms with Crippen LogP contribution in [0.2, 0.25) is 0 Å². The van der Waals surface area contributed by atoms with E-state index in [0.29, 0.717) is 12.5 Å². The number of hydrogen-bond acceptors (Lipinski definition) is 3. The minimum Gasteiger partial charge on any atom is -0.376 e. The van der Waals surface area contributed by atoms with Crippen LogP contribution >= 0.6 is 0 Å². The first-order chi connectivity index (χ1) is 9.74. The zero-order chi connectivity index (χ0) is 13.9. The molecule has 0 spiro atoms. The Morgan fingerprint density at radius 3 is 3.00 bits per heavy atom. The van der Waals surface area contributed by atoms with Gasteiger partial charge in [0.2, 0.25) is 0 Å². The van der Waals surface area contributed by atoms with Gasteiger partial charge in [-0.2, -0.15) is 0 Å². The quantitative estimate of drug-likeness (QED) is 0.911. The van der Waals surface area contributed by atoms with Crippen molar-refractivity contribution in [2.24, 2.45) is 5.92 Å². The van der Waals surface area contributed by atoms with E-state index in [9.17, 15) is 4.79 Å². The SMILES string of the molecule is CN(Cc1ccccn1)C(=O)N[C@H]1CCO[C@@H]1C1CC1. The number of nitrogens with one attached hydrogen (secondary N) is 1. The van der Waals surface area contributed by atoms with Gasteiger partial charge in [-0.1, -0.05) is 6.07 Å². The maximum atomic E-state index is 12.2. The van der Waals surface area contributed by atoms with Gasteiger partial charge in [0.15, 0.2) is 0 Å². The lowest BCUT2D eigenvalue weighted by Gasteiger charge is -2.23. The average molecular weight is 275 g/mol. The summed E-state index contributed by atoms with van der Waals surface area (Å²) in [6.45, 7) is 1.28. The molecule has 2 fully saturated rings.